The topological polar surface area (TPSA) is 32.6 Å². The zero-order valence-electron chi connectivity index (χ0n) is 7.34. The van der Waals surface area contributed by atoms with Gasteiger partial charge >= 0.3 is 0 Å². The molecule has 3 heteroatoms. The molecular weight excluding hydrogens is 230 g/mol. The summed E-state index contributed by atoms with van der Waals surface area (Å²) < 4.78 is 0.914. The van der Waals surface area contributed by atoms with E-state index in [1.807, 2.05) is 13.0 Å². The van der Waals surface area contributed by atoms with Gasteiger partial charge in [0.05, 0.1) is 5.69 Å². The molecule has 0 aromatic heterocycles. The van der Waals surface area contributed by atoms with E-state index in [1.165, 1.54) is 0 Å². The van der Waals surface area contributed by atoms with E-state index in [1.54, 1.807) is 6.07 Å². The number of aliphatic hydroxyl groups excluding tert-OH is 1. The van der Waals surface area contributed by atoms with Crippen molar-refractivity contribution in [3.63, 3.8) is 0 Å². The number of halogens is 1. The second kappa shape index (κ2) is 3.75. The van der Waals surface area contributed by atoms with Gasteiger partial charge in [-0.3, -0.25) is 4.99 Å². The molecule has 0 unspecified atom stereocenters. The summed E-state index contributed by atoms with van der Waals surface area (Å²) in [6, 6.07) is 3.68. The van der Waals surface area contributed by atoms with Gasteiger partial charge in [0.15, 0.2) is 0 Å². The van der Waals surface area contributed by atoms with E-state index in [0.717, 1.165) is 10.0 Å². The molecular formula is C10H10BrNO. The molecule has 1 aromatic rings. The fourth-order valence-electron chi connectivity index (χ4n) is 1.23. The number of hydrogen-bond acceptors (Lipinski definition) is 2. The van der Waals surface area contributed by atoms with Crippen LogP contribution in [0.3, 0.4) is 0 Å². The molecule has 0 radical (unpaired) electrons. The van der Waals surface area contributed by atoms with Gasteiger partial charge in [-0.05, 0) is 31.3 Å². The van der Waals surface area contributed by atoms with Crippen LogP contribution in [0.2, 0.25) is 0 Å². The van der Waals surface area contributed by atoms with Crippen molar-refractivity contribution in [3.8, 4) is 0 Å². The van der Waals surface area contributed by atoms with Gasteiger partial charge in [0.2, 0.25) is 0 Å². The third-order valence-electron chi connectivity index (χ3n) is 1.74. The number of aliphatic hydroxyl groups is 1. The lowest BCUT2D eigenvalue weighted by molar-refractivity contribution is 0.513. The van der Waals surface area contributed by atoms with Crippen molar-refractivity contribution in [2.24, 2.45) is 4.99 Å². The van der Waals surface area contributed by atoms with E-state index in [2.05, 4.69) is 34.2 Å². The number of aliphatic imine (C=N–C) groups is 1. The Hall–Kier alpha value is -1.09. The molecule has 68 valence electrons. The molecule has 0 amide bonds. The predicted octanol–water partition coefficient (Wildman–Crippen LogP) is 3.62. The Labute approximate surface area is 85.8 Å². The second-order valence-corrected chi connectivity index (χ2v) is 3.64. The summed E-state index contributed by atoms with van der Waals surface area (Å²) >= 11 is 3.34. The van der Waals surface area contributed by atoms with Crippen LogP contribution in [0.15, 0.2) is 28.2 Å². The third-order valence-corrected chi connectivity index (χ3v) is 2.20. The highest BCUT2D eigenvalue weighted by Gasteiger charge is 2.08. The first-order valence-corrected chi connectivity index (χ1v) is 4.50. The first-order valence-electron chi connectivity index (χ1n) is 3.71. The van der Waals surface area contributed by atoms with Crippen LogP contribution >= 0.6 is 15.9 Å². The lowest BCUT2D eigenvalue weighted by atomic mass is 10.1. The van der Waals surface area contributed by atoms with Gasteiger partial charge < -0.3 is 5.11 Å². The number of benzene rings is 1. The Morgan fingerprint density at radius 1 is 1.54 bits per heavy atom. The third kappa shape index (κ3) is 1.98. The van der Waals surface area contributed by atoms with Crippen LogP contribution in [0.5, 0.6) is 0 Å². The first kappa shape index (κ1) is 9.99. The van der Waals surface area contributed by atoms with Gasteiger partial charge in [-0.25, -0.2) is 0 Å². The van der Waals surface area contributed by atoms with Crippen LogP contribution in [0.4, 0.5) is 5.69 Å². The standard InChI is InChI=1S/C10H10BrNO/c1-6-4-8(11)5-9(12-3)10(6)7(2)13/h4-5,13H,2-3H2,1H3. The van der Waals surface area contributed by atoms with E-state index < -0.39 is 0 Å². The van der Waals surface area contributed by atoms with Crippen LogP contribution in [-0.2, 0) is 0 Å². The van der Waals surface area contributed by atoms with Crippen molar-refractivity contribution in [3.05, 3.63) is 34.3 Å². The minimum absolute atomic E-state index is 0.0207. The quantitative estimate of drug-likeness (QED) is 0.621. The molecule has 0 fully saturated rings. The molecule has 0 aliphatic heterocycles. The number of aryl methyl sites for hydroxylation is 1. The highest BCUT2D eigenvalue weighted by Crippen LogP contribution is 2.30. The van der Waals surface area contributed by atoms with E-state index in [-0.39, 0.29) is 5.76 Å². The molecule has 0 spiro atoms. The molecule has 0 atom stereocenters. The van der Waals surface area contributed by atoms with Crippen LogP contribution in [-0.4, -0.2) is 11.8 Å². The molecule has 1 aromatic carbocycles. The highest BCUT2D eigenvalue weighted by molar-refractivity contribution is 9.10. The molecule has 2 nitrogen and oxygen atoms in total. The summed E-state index contributed by atoms with van der Waals surface area (Å²) in [6.07, 6.45) is 0. The van der Waals surface area contributed by atoms with Crippen LogP contribution in [0.25, 0.3) is 5.76 Å². The van der Waals surface area contributed by atoms with Crippen molar-refractivity contribution < 1.29 is 5.11 Å². The zero-order chi connectivity index (χ0) is 10.0. The molecule has 0 saturated carbocycles. The largest absolute Gasteiger partial charge is 0.508 e. The molecule has 13 heavy (non-hydrogen) atoms. The molecule has 1 rings (SSSR count). The Morgan fingerprint density at radius 3 is 2.62 bits per heavy atom. The van der Waals surface area contributed by atoms with E-state index in [9.17, 15) is 5.11 Å². The van der Waals surface area contributed by atoms with Crippen molar-refractivity contribution in [2.45, 2.75) is 6.92 Å². The number of nitrogens with zero attached hydrogens (tertiary/aromatic N) is 1. The van der Waals surface area contributed by atoms with Crippen molar-refractivity contribution in [1.82, 2.24) is 0 Å². The maximum Gasteiger partial charge on any atom is 0.118 e. The average Bonchev–Trinajstić information content (AvgIpc) is 2.01. The van der Waals surface area contributed by atoms with Gasteiger partial charge in [0, 0.05) is 10.0 Å². The normalized spacial score (nSPS) is 9.69. The number of hydrogen-bond donors (Lipinski definition) is 1. The van der Waals surface area contributed by atoms with Gasteiger partial charge in [0.1, 0.15) is 5.76 Å². The summed E-state index contributed by atoms with van der Waals surface area (Å²) in [5.41, 5.74) is 2.21. The first-order chi connectivity index (χ1) is 6.06. The van der Waals surface area contributed by atoms with Gasteiger partial charge in [0.25, 0.3) is 0 Å². The molecule has 0 bridgehead atoms. The lowest BCUT2D eigenvalue weighted by Crippen LogP contribution is -1.88. The smallest absolute Gasteiger partial charge is 0.118 e. The molecule has 0 aliphatic rings. The van der Waals surface area contributed by atoms with Gasteiger partial charge in [-0.2, -0.15) is 0 Å². The van der Waals surface area contributed by atoms with E-state index in [4.69, 9.17) is 0 Å². The van der Waals surface area contributed by atoms with E-state index >= 15 is 0 Å². The summed E-state index contributed by atoms with van der Waals surface area (Å²) in [5.74, 6) is 0.0207. The summed E-state index contributed by atoms with van der Waals surface area (Å²) in [7, 11) is 0. The van der Waals surface area contributed by atoms with Gasteiger partial charge in [-0.1, -0.05) is 22.5 Å². The molecule has 0 aliphatic carbocycles. The SMILES string of the molecule is C=Nc1cc(Br)cc(C)c1C(=C)O. The van der Waals surface area contributed by atoms with Crippen molar-refractivity contribution in [2.75, 3.05) is 0 Å². The monoisotopic (exact) mass is 239 g/mol. The predicted molar refractivity (Wildman–Crippen MR) is 59.8 cm³/mol. The zero-order valence-corrected chi connectivity index (χ0v) is 8.93. The van der Waals surface area contributed by atoms with E-state index in [0.29, 0.717) is 11.3 Å². The average molecular weight is 240 g/mol. The number of rotatable bonds is 2. The summed E-state index contributed by atoms with van der Waals surface area (Å²) in [5, 5.41) is 9.31. The maximum atomic E-state index is 9.31. The lowest BCUT2D eigenvalue weighted by Gasteiger charge is -2.08. The summed E-state index contributed by atoms with van der Waals surface area (Å²) in [6.45, 7) is 8.80. The Kier molecular flexibility index (Phi) is 2.88. The molecule has 1 N–H and O–H groups in total. The Morgan fingerprint density at radius 2 is 2.15 bits per heavy atom. The Bertz CT molecular complexity index is 371. The highest BCUT2D eigenvalue weighted by atomic mass is 79.9. The fraction of sp³-hybridized carbons (Fsp3) is 0.100. The minimum Gasteiger partial charge on any atom is -0.508 e. The minimum atomic E-state index is 0.0207. The fourth-order valence-corrected chi connectivity index (χ4v) is 1.79. The van der Waals surface area contributed by atoms with Crippen molar-refractivity contribution in [1.29, 1.82) is 0 Å². The van der Waals surface area contributed by atoms with Crippen molar-refractivity contribution >= 4 is 34.1 Å². The van der Waals surface area contributed by atoms with Gasteiger partial charge in [-0.15, -0.1) is 0 Å². The summed E-state index contributed by atoms with van der Waals surface area (Å²) in [4.78, 5) is 3.81. The van der Waals surface area contributed by atoms with Crippen LogP contribution < -0.4 is 0 Å². The second-order valence-electron chi connectivity index (χ2n) is 2.72. The molecule has 0 saturated heterocycles. The van der Waals surface area contributed by atoms with Crippen LogP contribution in [0, 0.1) is 6.92 Å². The molecule has 0 heterocycles. The maximum absolute atomic E-state index is 9.31. The van der Waals surface area contributed by atoms with Crippen LogP contribution in [0.1, 0.15) is 11.1 Å². The Balaban J connectivity index is 3.47.